The first kappa shape index (κ1) is 16.8. The predicted molar refractivity (Wildman–Crippen MR) is 97.7 cm³/mol. The van der Waals surface area contributed by atoms with E-state index in [0.29, 0.717) is 11.1 Å². The summed E-state index contributed by atoms with van der Waals surface area (Å²) in [6.07, 6.45) is 11.1. The number of carbonyl (C=O) groups is 2. The summed E-state index contributed by atoms with van der Waals surface area (Å²) in [5.41, 5.74) is 1.55. The molecule has 0 bridgehead atoms. The van der Waals surface area contributed by atoms with Crippen molar-refractivity contribution in [1.82, 2.24) is 19.8 Å². The number of amides is 2. The zero-order valence-electron chi connectivity index (χ0n) is 15.0. The lowest BCUT2D eigenvalue weighted by Gasteiger charge is -2.54. The molecule has 1 aliphatic heterocycles. The number of likely N-dealkylation sites (tertiary alicyclic amines) is 1. The molecule has 0 radical (unpaired) electrons. The van der Waals surface area contributed by atoms with Gasteiger partial charge in [-0.25, -0.2) is 0 Å². The summed E-state index contributed by atoms with van der Waals surface area (Å²) < 4.78 is 1.88. The number of aryl methyl sites for hydroxylation is 1. The third-order valence-electron chi connectivity index (χ3n) is 6.04. The Morgan fingerprint density at radius 2 is 1.85 bits per heavy atom. The maximum atomic E-state index is 12.6. The fraction of sp³-hybridized carbons (Fsp3) is 0.450. The smallest absolute Gasteiger partial charge is 0.253 e. The minimum atomic E-state index is 0.00460. The highest BCUT2D eigenvalue weighted by molar-refractivity contribution is 5.95. The first-order chi connectivity index (χ1) is 12.6. The van der Waals surface area contributed by atoms with Gasteiger partial charge in [0, 0.05) is 56.5 Å². The Labute approximate surface area is 153 Å². The lowest BCUT2D eigenvalue weighted by atomic mass is 9.59. The van der Waals surface area contributed by atoms with Crippen molar-refractivity contribution < 1.29 is 9.59 Å². The van der Waals surface area contributed by atoms with Gasteiger partial charge in [0.05, 0.1) is 5.56 Å². The number of rotatable bonds is 3. The van der Waals surface area contributed by atoms with Crippen molar-refractivity contribution in [3.63, 3.8) is 0 Å². The van der Waals surface area contributed by atoms with Crippen LogP contribution in [0.1, 0.15) is 46.4 Å². The van der Waals surface area contributed by atoms with Crippen LogP contribution >= 0.6 is 0 Å². The van der Waals surface area contributed by atoms with E-state index >= 15 is 0 Å². The van der Waals surface area contributed by atoms with Crippen LogP contribution in [-0.4, -0.2) is 45.4 Å². The van der Waals surface area contributed by atoms with E-state index in [0.717, 1.165) is 38.8 Å². The van der Waals surface area contributed by atoms with Crippen molar-refractivity contribution in [1.29, 1.82) is 0 Å². The molecule has 4 rings (SSSR count). The van der Waals surface area contributed by atoms with Crippen molar-refractivity contribution in [2.45, 2.75) is 31.7 Å². The molecule has 0 aromatic carbocycles. The van der Waals surface area contributed by atoms with Gasteiger partial charge < -0.3 is 14.8 Å². The van der Waals surface area contributed by atoms with E-state index in [2.05, 4.69) is 10.3 Å². The number of nitrogens with zero attached hydrogens (tertiary/aromatic N) is 3. The summed E-state index contributed by atoms with van der Waals surface area (Å²) in [4.78, 5) is 30.9. The third-order valence-corrected chi connectivity index (χ3v) is 6.04. The SMILES string of the molecule is Cn1ccc(C(=O)N[C@@H]2CCC23CCN(C(=O)c2ccncc2)CC3)c1. The van der Waals surface area contributed by atoms with Crippen LogP contribution in [0.15, 0.2) is 43.0 Å². The number of aromatic nitrogens is 2. The second kappa shape index (κ2) is 6.59. The van der Waals surface area contributed by atoms with Crippen LogP contribution in [0.3, 0.4) is 0 Å². The fourth-order valence-electron chi connectivity index (χ4n) is 4.23. The molecular formula is C20H24N4O2. The van der Waals surface area contributed by atoms with Crippen molar-refractivity contribution in [3.8, 4) is 0 Å². The quantitative estimate of drug-likeness (QED) is 0.921. The molecule has 1 N–H and O–H groups in total. The van der Waals surface area contributed by atoms with Crippen LogP contribution in [0.25, 0.3) is 0 Å². The zero-order chi connectivity index (χ0) is 18.1. The summed E-state index contributed by atoms with van der Waals surface area (Å²) in [5.74, 6) is 0.0800. The highest BCUT2D eigenvalue weighted by Gasteiger charge is 2.49. The molecule has 1 saturated heterocycles. The van der Waals surface area contributed by atoms with Gasteiger partial charge >= 0.3 is 0 Å². The summed E-state index contributed by atoms with van der Waals surface area (Å²) in [6, 6.07) is 5.59. The van der Waals surface area contributed by atoms with E-state index in [1.165, 1.54) is 0 Å². The minimum absolute atomic E-state index is 0.00460. The van der Waals surface area contributed by atoms with E-state index in [4.69, 9.17) is 0 Å². The van der Waals surface area contributed by atoms with Gasteiger partial charge in [-0.3, -0.25) is 14.6 Å². The van der Waals surface area contributed by atoms with Crippen LogP contribution in [0.5, 0.6) is 0 Å². The fourth-order valence-corrected chi connectivity index (χ4v) is 4.23. The average Bonchev–Trinajstić information content (AvgIpc) is 3.12. The molecule has 2 aromatic heterocycles. The Balaban J connectivity index is 1.36. The molecule has 6 nitrogen and oxygen atoms in total. The number of carbonyl (C=O) groups excluding carboxylic acids is 2. The van der Waals surface area contributed by atoms with Crippen molar-refractivity contribution in [2.75, 3.05) is 13.1 Å². The maximum absolute atomic E-state index is 12.6. The Hall–Kier alpha value is -2.63. The van der Waals surface area contributed by atoms with E-state index < -0.39 is 0 Å². The van der Waals surface area contributed by atoms with Crippen molar-refractivity contribution in [3.05, 3.63) is 54.1 Å². The summed E-state index contributed by atoms with van der Waals surface area (Å²) >= 11 is 0. The minimum Gasteiger partial charge on any atom is -0.356 e. The zero-order valence-corrected chi connectivity index (χ0v) is 15.0. The standard InChI is InChI=1S/C20H24N4O2/c1-23-11-5-16(14-23)18(25)22-17-2-6-20(17)7-12-24(13-8-20)19(26)15-3-9-21-10-4-15/h3-5,9-11,14,17H,2,6-8,12-13H2,1H3,(H,22,25)/t17-/m1/s1. The van der Waals surface area contributed by atoms with Gasteiger partial charge in [-0.2, -0.15) is 0 Å². The van der Waals surface area contributed by atoms with Crippen molar-refractivity contribution in [2.24, 2.45) is 12.5 Å². The van der Waals surface area contributed by atoms with E-state index in [9.17, 15) is 9.59 Å². The lowest BCUT2D eigenvalue weighted by molar-refractivity contribution is -0.00231. The van der Waals surface area contributed by atoms with Crippen LogP contribution in [0.4, 0.5) is 0 Å². The molecule has 1 saturated carbocycles. The van der Waals surface area contributed by atoms with Crippen LogP contribution in [-0.2, 0) is 7.05 Å². The molecule has 1 atom stereocenters. The number of hydrogen-bond donors (Lipinski definition) is 1. The van der Waals surface area contributed by atoms with Crippen LogP contribution in [0, 0.1) is 5.41 Å². The first-order valence-electron chi connectivity index (χ1n) is 9.20. The Morgan fingerprint density at radius 1 is 1.12 bits per heavy atom. The van der Waals surface area contributed by atoms with Gasteiger partial charge in [0.15, 0.2) is 0 Å². The molecule has 0 unspecified atom stereocenters. The maximum Gasteiger partial charge on any atom is 0.253 e. The van der Waals surface area contributed by atoms with Gasteiger partial charge in [0.25, 0.3) is 11.8 Å². The van der Waals surface area contributed by atoms with Gasteiger partial charge in [-0.15, -0.1) is 0 Å². The highest BCUT2D eigenvalue weighted by Crippen LogP contribution is 2.49. The lowest BCUT2D eigenvalue weighted by Crippen LogP contribution is -2.59. The number of nitrogens with one attached hydrogen (secondary N) is 1. The summed E-state index contributed by atoms with van der Waals surface area (Å²) in [5, 5.41) is 3.22. The molecule has 1 aliphatic carbocycles. The Morgan fingerprint density at radius 3 is 2.42 bits per heavy atom. The average molecular weight is 352 g/mol. The van der Waals surface area contributed by atoms with E-state index in [1.54, 1.807) is 24.5 Å². The first-order valence-corrected chi connectivity index (χ1v) is 9.20. The topological polar surface area (TPSA) is 67.2 Å². The number of pyridine rings is 1. The molecule has 2 amide bonds. The van der Waals surface area contributed by atoms with Gasteiger partial charge in [-0.05, 0) is 49.3 Å². The van der Waals surface area contributed by atoms with Gasteiger partial charge in [0.2, 0.25) is 0 Å². The number of piperidine rings is 1. The van der Waals surface area contributed by atoms with E-state index in [1.807, 2.05) is 35.0 Å². The third kappa shape index (κ3) is 3.00. The number of hydrogen-bond acceptors (Lipinski definition) is 3. The Bertz CT molecular complexity index is 806. The summed E-state index contributed by atoms with van der Waals surface area (Å²) in [7, 11) is 1.91. The monoisotopic (exact) mass is 352 g/mol. The molecule has 1 spiro atoms. The molecule has 2 fully saturated rings. The molecule has 2 aromatic rings. The molecule has 2 aliphatic rings. The van der Waals surface area contributed by atoms with E-state index in [-0.39, 0.29) is 23.3 Å². The Kier molecular flexibility index (Phi) is 4.26. The highest BCUT2D eigenvalue weighted by atomic mass is 16.2. The largest absolute Gasteiger partial charge is 0.356 e. The molecular weight excluding hydrogens is 328 g/mol. The van der Waals surface area contributed by atoms with Crippen LogP contribution in [0.2, 0.25) is 0 Å². The summed E-state index contributed by atoms with van der Waals surface area (Å²) in [6.45, 7) is 1.50. The second-order valence-electron chi connectivity index (χ2n) is 7.52. The normalized spacial score (nSPS) is 21.3. The van der Waals surface area contributed by atoms with Crippen molar-refractivity contribution >= 4 is 11.8 Å². The molecule has 3 heterocycles. The molecule has 26 heavy (non-hydrogen) atoms. The van der Waals surface area contributed by atoms with Gasteiger partial charge in [-0.1, -0.05) is 0 Å². The second-order valence-corrected chi connectivity index (χ2v) is 7.52. The predicted octanol–water partition coefficient (Wildman–Crippen LogP) is 2.23. The molecule has 136 valence electrons. The van der Waals surface area contributed by atoms with Gasteiger partial charge in [0.1, 0.15) is 0 Å². The molecule has 6 heteroatoms. The van der Waals surface area contributed by atoms with Crippen LogP contribution < -0.4 is 5.32 Å².